The molecular formula is C13H18N2O2. The van der Waals surface area contributed by atoms with E-state index in [1.807, 2.05) is 6.07 Å². The third kappa shape index (κ3) is 2.35. The van der Waals surface area contributed by atoms with Crippen molar-refractivity contribution in [2.75, 3.05) is 11.5 Å². The van der Waals surface area contributed by atoms with Gasteiger partial charge in [0.15, 0.2) is 0 Å². The van der Waals surface area contributed by atoms with Gasteiger partial charge in [0.05, 0.1) is 11.4 Å². The minimum Gasteiger partial charge on any atom is -0.481 e. The molecule has 0 aromatic heterocycles. The number of nitrogens with two attached hydrogens (primary N) is 2. The molecule has 4 nitrogen and oxygen atoms in total. The first-order chi connectivity index (χ1) is 8.09. The van der Waals surface area contributed by atoms with Crippen molar-refractivity contribution in [3.05, 3.63) is 22.8 Å². The SMILES string of the molecule is Nc1cc(CCC(=O)O)c2c(c1N)CCCC2. The number of anilines is 2. The molecule has 0 saturated heterocycles. The quantitative estimate of drug-likeness (QED) is 0.695. The first-order valence-corrected chi connectivity index (χ1v) is 6.00. The molecular weight excluding hydrogens is 216 g/mol. The van der Waals surface area contributed by atoms with Crippen LogP contribution in [0.2, 0.25) is 0 Å². The fraction of sp³-hybridized carbons (Fsp3) is 0.462. The van der Waals surface area contributed by atoms with Crippen LogP contribution in [0.1, 0.15) is 36.0 Å². The molecule has 0 bridgehead atoms. The minimum atomic E-state index is -0.773. The normalized spacial score (nSPS) is 14.4. The summed E-state index contributed by atoms with van der Waals surface area (Å²) in [5, 5.41) is 8.75. The molecule has 1 aromatic rings. The van der Waals surface area contributed by atoms with Crippen molar-refractivity contribution in [3.63, 3.8) is 0 Å². The molecule has 0 spiro atoms. The number of benzene rings is 1. The molecule has 4 heteroatoms. The molecule has 1 aromatic carbocycles. The summed E-state index contributed by atoms with van der Waals surface area (Å²) in [6, 6.07) is 1.85. The third-order valence-corrected chi connectivity index (χ3v) is 3.43. The maximum atomic E-state index is 10.6. The van der Waals surface area contributed by atoms with Crippen LogP contribution in [0.4, 0.5) is 11.4 Å². The van der Waals surface area contributed by atoms with Gasteiger partial charge in [0.2, 0.25) is 0 Å². The van der Waals surface area contributed by atoms with E-state index >= 15 is 0 Å². The molecule has 0 unspecified atom stereocenters. The lowest BCUT2D eigenvalue weighted by Crippen LogP contribution is -2.12. The van der Waals surface area contributed by atoms with Gasteiger partial charge in [-0.15, -0.1) is 0 Å². The van der Waals surface area contributed by atoms with Crippen molar-refractivity contribution in [2.24, 2.45) is 0 Å². The van der Waals surface area contributed by atoms with Crippen LogP contribution >= 0.6 is 0 Å². The number of hydrogen-bond acceptors (Lipinski definition) is 3. The molecule has 0 fully saturated rings. The van der Waals surface area contributed by atoms with E-state index in [2.05, 4.69) is 0 Å². The van der Waals surface area contributed by atoms with Gasteiger partial charge in [-0.05, 0) is 54.9 Å². The van der Waals surface area contributed by atoms with Gasteiger partial charge in [0, 0.05) is 6.42 Å². The zero-order chi connectivity index (χ0) is 12.4. The van der Waals surface area contributed by atoms with Gasteiger partial charge >= 0.3 is 5.97 Å². The highest BCUT2D eigenvalue weighted by Gasteiger charge is 2.18. The Bertz CT molecular complexity index is 455. The minimum absolute atomic E-state index is 0.149. The number of carbonyl (C=O) groups is 1. The van der Waals surface area contributed by atoms with Crippen LogP contribution in [0.15, 0.2) is 6.07 Å². The van der Waals surface area contributed by atoms with E-state index in [0.717, 1.165) is 36.8 Å². The lowest BCUT2D eigenvalue weighted by atomic mass is 9.85. The molecule has 0 amide bonds. The van der Waals surface area contributed by atoms with E-state index in [9.17, 15) is 4.79 Å². The molecule has 0 saturated carbocycles. The van der Waals surface area contributed by atoms with Gasteiger partial charge in [-0.3, -0.25) is 4.79 Å². The van der Waals surface area contributed by atoms with E-state index in [1.165, 1.54) is 5.56 Å². The van der Waals surface area contributed by atoms with Crippen LogP contribution in [-0.2, 0) is 24.1 Å². The van der Waals surface area contributed by atoms with Crippen LogP contribution < -0.4 is 11.5 Å². The summed E-state index contributed by atoms with van der Waals surface area (Å²) in [6.07, 6.45) is 4.94. The van der Waals surface area contributed by atoms with Crippen molar-refractivity contribution in [1.29, 1.82) is 0 Å². The summed E-state index contributed by atoms with van der Waals surface area (Å²) >= 11 is 0. The van der Waals surface area contributed by atoms with Gasteiger partial charge in [0.1, 0.15) is 0 Å². The monoisotopic (exact) mass is 234 g/mol. The average Bonchev–Trinajstić information content (AvgIpc) is 2.32. The van der Waals surface area contributed by atoms with Crippen molar-refractivity contribution >= 4 is 17.3 Å². The number of nitrogen functional groups attached to an aromatic ring is 2. The smallest absolute Gasteiger partial charge is 0.303 e. The van der Waals surface area contributed by atoms with Gasteiger partial charge in [-0.1, -0.05) is 0 Å². The molecule has 5 N–H and O–H groups in total. The van der Waals surface area contributed by atoms with Crippen LogP contribution in [0.3, 0.4) is 0 Å². The van der Waals surface area contributed by atoms with Crippen molar-refractivity contribution in [3.8, 4) is 0 Å². The average molecular weight is 234 g/mol. The Balaban J connectivity index is 2.37. The molecule has 2 rings (SSSR count). The fourth-order valence-electron chi connectivity index (χ4n) is 2.55. The molecule has 0 aliphatic heterocycles. The number of aliphatic carboxylic acids is 1. The second-order valence-electron chi connectivity index (χ2n) is 4.60. The highest BCUT2D eigenvalue weighted by atomic mass is 16.4. The molecule has 1 aliphatic carbocycles. The van der Waals surface area contributed by atoms with Crippen molar-refractivity contribution in [1.82, 2.24) is 0 Å². The second-order valence-corrected chi connectivity index (χ2v) is 4.60. The standard InChI is InChI=1S/C13H18N2O2/c14-11-7-8(5-6-12(16)17)9-3-1-2-4-10(9)13(11)15/h7H,1-6,14-15H2,(H,16,17). The van der Waals surface area contributed by atoms with Crippen LogP contribution in [0.5, 0.6) is 0 Å². The van der Waals surface area contributed by atoms with Gasteiger partial charge in [-0.2, -0.15) is 0 Å². The highest BCUT2D eigenvalue weighted by Crippen LogP contribution is 2.33. The summed E-state index contributed by atoms with van der Waals surface area (Å²) in [6.45, 7) is 0. The maximum absolute atomic E-state index is 10.6. The number of aryl methyl sites for hydroxylation is 1. The molecule has 0 radical (unpaired) electrons. The largest absolute Gasteiger partial charge is 0.481 e. The molecule has 0 atom stereocenters. The molecule has 92 valence electrons. The van der Waals surface area contributed by atoms with Crippen LogP contribution in [0, 0.1) is 0 Å². The van der Waals surface area contributed by atoms with Crippen molar-refractivity contribution in [2.45, 2.75) is 38.5 Å². The predicted octanol–water partition coefficient (Wildman–Crippen LogP) is 1.75. The number of rotatable bonds is 3. The summed E-state index contributed by atoms with van der Waals surface area (Å²) in [5.74, 6) is -0.773. The lowest BCUT2D eigenvalue weighted by Gasteiger charge is -2.22. The van der Waals surface area contributed by atoms with Gasteiger partial charge in [0.25, 0.3) is 0 Å². The topological polar surface area (TPSA) is 89.3 Å². The first-order valence-electron chi connectivity index (χ1n) is 6.00. The number of fused-ring (bicyclic) bond motifs is 1. The van der Waals surface area contributed by atoms with Gasteiger partial charge in [-0.25, -0.2) is 0 Å². The Hall–Kier alpha value is -1.71. The van der Waals surface area contributed by atoms with Crippen LogP contribution in [0.25, 0.3) is 0 Å². The zero-order valence-corrected chi connectivity index (χ0v) is 9.83. The first kappa shape index (κ1) is 11.8. The van der Waals surface area contributed by atoms with Gasteiger partial charge < -0.3 is 16.6 Å². The maximum Gasteiger partial charge on any atom is 0.303 e. The molecule has 1 aliphatic rings. The Morgan fingerprint density at radius 3 is 2.53 bits per heavy atom. The number of hydrogen-bond donors (Lipinski definition) is 3. The van der Waals surface area contributed by atoms with E-state index in [4.69, 9.17) is 16.6 Å². The zero-order valence-electron chi connectivity index (χ0n) is 9.83. The Morgan fingerprint density at radius 1 is 1.24 bits per heavy atom. The van der Waals surface area contributed by atoms with E-state index in [1.54, 1.807) is 0 Å². The Kier molecular flexibility index (Phi) is 3.22. The summed E-state index contributed by atoms with van der Waals surface area (Å²) in [4.78, 5) is 10.6. The van der Waals surface area contributed by atoms with Crippen LogP contribution in [-0.4, -0.2) is 11.1 Å². The van der Waals surface area contributed by atoms with E-state index < -0.39 is 5.97 Å². The number of carboxylic acids is 1. The van der Waals surface area contributed by atoms with E-state index in [0.29, 0.717) is 17.8 Å². The van der Waals surface area contributed by atoms with E-state index in [-0.39, 0.29) is 6.42 Å². The summed E-state index contributed by atoms with van der Waals surface area (Å²) < 4.78 is 0. The second kappa shape index (κ2) is 4.65. The highest BCUT2D eigenvalue weighted by molar-refractivity contribution is 5.72. The Morgan fingerprint density at radius 2 is 1.88 bits per heavy atom. The predicted molar refractivity (Wildman–Crippen MR) is 67.9 cm³/mol. The number of carboxylic acid groups (broad SMARTS) is 1. The van der Waals surface area contributed by atoms with Crippen molar-refractivity contribution < 1.29 is 9.90 Å². The molecule has 17 heavy (non-hydrogen) atoms. The fourth-order valence-corrected chi connectivity index (χ4v) is 2.55. The molecule has 0 heterocycles. The lowest BCUT2D eigenvalue weighted by molar-refractivity contribution is -0.136. The summed E-state index contributed by atoms with van der Waals surface area (Å²) in [5.41, 5.74) is 16.6. The third-order valence-electron chi connectivity index (χ3n) is 3.43. The summed E-state index contributed by atoms with van der Waals surface area (Å²) in [7, 11) is 0. The Labute approximate surface area is 101 Å².